The van der Waals surface area contributed by atoms with Crippen molar-refractivity contribution in [2.24, 2.45) is 5.92 Å². The first-order chi connectivity index (χ1) is 14.3. The number of ether oxygens (including phenoxy) is 1. The lowest BCUT2D eigenvalue weighted by Crippen LogP contribution is -2.43. The molecular weight excluding hydrogens is 417 g/mol. The second-order valence-electron chi connectivity index (χ2n) is 6.52. The summed E-state index contributed by atoms with van der Waals surface area (Å²) in [6.45, 7) is -0.630. The molecule has 2 aromatic rings. The fraction of sp³-hybridized carbons (Fsp3) is 0.200. The van der Waals surface area contributed by atoms with Crippen molar-refractivity contribution in [1.82, 2.24) is 10.4 Å². The van der Waals surface area contributed by atoms with E-state index < -0.39 is 42.0 Å². The molecule has 156 valence electrons. The highest BCUT2D eigenvalue weighted by Gasteiger charge is 2.36. The maximum Gasteiger partial charge on any atom is 0.311 e. The van der Waals surface area contributed by atoms with Crippen LogP contribution < -0.4 is 10.7 Å². The molecule has 1 aliphatic heterocycles. The molecule has 1 heterocycles. The van der Waals surface area contributed by atoms with Crippen LogP contribution in [0.4, 0.5) is 10.1 Å². The van der Waals surface area contributed by atoms with Gasteiger partial charge in [-0.05, 0) is 48.5 Å². The molecule has 0 unspecified atom stereocenters. The topological polar surface area (TPSA) is 105 Å². The van der Waals surface area contributed by atoms with Crippen molar-refractivity contribution in [3.8, 4) is 0 Å². The molecule has 0 radical (unpaired) electrons. The predicted molar refractivity (Wildman–Crippen MR) is 105 cm³/mol. The number of anilines is 1. The molecule has 0 bridgehead atoms. The maximum atomic E-state index is 12.9. The Balaban J connectivity index is 1.47. The number of esters is 1. The summed E-state index contributed by atoms with van der Waals surface area (Å²) in [6, 6.07) is 11.2. The highest BCUT2D eigenvalue weighted by molar-refractivity contribution is 6.30. The minimum Gasteiger partial charge on any atom is -0.455 e. The van der Waals surface area contributed by atoms with Crippen LogP contribution in [0.3, 0.4) is 0 Å². The molecule has 10 heteroatoms. The number of hydrogen-bond donors (Lipinski definition) is 2. The van der Waals surface area contributed by atoms with E-state index in [9.17, 15) is 23.6 Å². The Bertz CT molecular complexity index is 965. The highest BCUT2D eigenvalue weighted by Crippen LogP contribution is 2.18. The van der Waals surface area contributed by atoms with Crippen LogP contribution in [0.5, 0.6) is 0 Å². The van der Waals surface area contributed by atoms with E-state index >= 15 is 0 Å². The van der Waals surface area contributed by atoms with Gasteiger partial charge < -0.3 is 10.1 Å². The van der Waals surface area contributed by atoms with Gasteiger partial charge in [0.25, 0.3) is 11.8 Å². The Morgan fingerprint density at radius 1 is 1.10 bits per heavy atom. The summed E-state index contributed by atoms with van der Waals surface area (Å²) >= 11 is 5.78. The van der Waals surface area contributed by atoms with E-state index in [1.54, 1.807) is 12.1 Å². The molecule has 3 amide bonds. The van der Waals surface area contributed by atoms with Gasteiger partial charge in [0, 0.05) is 22.7 Å². The van der Waals surface area contributed by atoms with Crippen LogP contribution in [-0.2, 0) is 19.1 Å². The first-order valence-corrected chi connectivity index (χ1v) is 9.28. The Labute approximate surface area is 175 Å². The molecule has 1 saturated heterocycles. The standard InChI is InChI=1S/C20H17ClFN3O5/c21-14-3-1-12(2-4-14)19(28)24-25-10-13(9-18(25)27)20(29)30-11-17(26)23-16-7-5-15(22)6-8-16/h1-8,13H,9-11H2,(H,23,26)(H,24,28)/t13-/m0/s1. The number of halogens is 2. The van der Waals surface area contributed by atoms with Crippen molar-refractivity contribution in [1.29, 1.82) is 0 Å². The van der Waals surface area contributed by atoms with Gasteiger partial charge in [-0.25, -0.2) is 4.39 Å². The summed E-state index contributed by atoms with van der Waals surface area (Å²) < 4.78 is 17.8. The number of rotatable bonds is 6. The third kappa shape index (κ3) is 5.54. The Kier molecular flexibility index (Phi) is 6.63. The van der Waals surface area contributed by atoms with Crippen LogP contribution in [0.2, 0.25) is 5.02 Å². The number of nitrogens with one attached hydrogen (secondary N) is 2. The fourth-order valence-corrected chi connectivity index (χ4v) is 2.87. The Morgan fingerprint density at radius 3 is 2.43 bits per heavy atom. The van der Waals surface area contributed by atoms with Crippen molar-refractivity contribution in [3.05, 3.63) is 64.9 Å². The second kappa shape index (κ2) is 9.36. The molecular formula is C20H17ClFN3O5. The Morgan fingerprint density at radius 2 is 1.77 bits per heavy atom. The third-order valence-corrected chi connectivity index (χ3v) is 4.53. The molecule has 30 heavy (non-hydrogen) atoms. The molecule has 1 aliphatic rings. The summed E-state index contributed by atoms with van der Waals surface area (Å²) in [5.41, 5.74) is 3.09. The summed E-state index contributed by atoms with van der Waals surface area (Å²) in [5.74, 6) is -3.57. The molecule has 1 fully saturated rings. The molecule has 2 N–H and O–H groups in total. The van der Waals surface area contributed by atoms with E-state index in [0.717, 1.165) is 5.01 Å². The lowest BCUT2D eigenvalue weighted by molar-refractivity contribution is -0.151. The van der Waals surface area contributed by atoms with Crippen molar-refractivity contribution in [3.63, 3.8) is 0 Å². The van der Waals surface area contributed by atoms with Gasteiger partial charge in [0.2, 0.25) is 5.91 Å². The largest absolute Gasteiger partial charge is 0.455 e. The minimum atomic E-state index is -0.818. The number of carbonyl (C=O) groups is 4. The summed E-state index contributed by atoms with van der Waals surface area (Å²) in [5, 5.41) is 3.97. The second-order valence-corrected chi connectivity index (χ2v) is 6.95. The lowest BCUT2D eigenvalue weighted by Gasteiger charge is -2.17. The van der Waals surface area contributed by atoms with Gasteiger partial charge in [-0.15, -0.1) is 0 Å². The SMILES string of the molecule is O=C(COC(=O)[C@H]1CC(=O)N(NC(=O)c2ccc(Cl)cc2)C1)Nc1ccc(F)cc1. The molecule has 0 aliphatic carbocycles. The van der Waals surface area contributed by atoms with Gasteiger partial charge in [0.05, 0.1) is 12.5 Å². The molecule has 0 saturated carbocycles. The van der Waals surface area contributed by atoms with E-state index in [-0.39, 0.29) is 13.0 Å². The summed E-state index contributed by atoms with van der Waals surface area (Å²) in [7, 11) is 0. The van der Waals surface area contributed by atoms with Crippen molar-refractivity contribution >= 4 is 41.0 Å². The van der Waals surface area contributed by atoms with Gasteiger partial charge in [-0.1, -0.05) is 11.6 Å². The van der Waals surface area contributed by atoms with Gasteiger partial charge in [0.1, 0.15) is 5.82 Å². The molecule has 1 atom stereocenters. The summed E-state index contributed by atoms with van der Waals surface area (Å²) in [4.78, 5) is 48.3. The van der Waals surface area contributed by atoms with Crippen LogP contribution in [0.25, 0.3) is 0 Å². The van der Waals surface area contributed by atoms with E-state index in [4.69, 9.17) is 16.3 Å². The minimum absolute atomic E-state index is 0.0728. The highest BCUT2D eigenvalue weighted by atomic mass is 35.5. The molecule has 8 nitrogen and oxygen atoms in total. The monoisotopic (exact) mass is 433 g/mol. The number of carbonyl (C=O) groups excluding carboxylic acids is 4. The van der Waals surface area contributed by atoms with Crippen LogP contribution in [0.15, 0.2) is 48.5 Å². The quantitative estimate of drug-likeness (QED) is 0.679. The van der Waals surface area contributed by atoms with E-state index in [0.29, 0.717) is 16.3 Å². The van der Waals surface area contributed by atoms with E-state index in [1.165, 1.54) is 36.4 Å². The predicted octanol–water partition coefficient (Wildman–Crippen LogP) is 2.15. The first-order valence-electron chi connectivity index (χ1n) is 8.91. The molecule has 0 aromatic heterocycles. The van der Waals surface area contributed by atoms with Gasteiger partial charge in [-0.2, -0.15) is 0 Å². The van der Waals surface area contributed by atoms with Crippen molar-refractivity contribution in [2.45, 2.75) is 6.42 Å². The van der Waals surface area contributed by atoms with Crippen LogP contribution in [-0.4, -0.2) is 41.9 Å². The summed E-state index contributed by atoms with van der Waals surface area (Å²) in [6.07, 6.45) is -0.153. The Hall–Kier alpha value is -3.46. The van der Waals surface area contributed by atoms with Crippen LogP contribution >= 0.6 is 11.6 Å². The normalized spacial score (nSPS) is 15.6. The van der Waals surface area contributed by atoms with Crippen LogP contribution in [0, 0.1) is 11.7 Å². The zero-order valence-corrected chi connectivity index (χ0v) is 16.3. The molecule has 0 spiro atoms. The number of benzene rings is 2. The molecule has 2 aromatic carbocycles. The lowest BCUT2D eigenvalue weighted by atomic mass is 10.1. The van der Waals surface area contributed by atoms with Gasteiger partial charge >= 0.3 is 5.97 Å². The third-order valence-electron chi connectivity index (χ3n) is 4.27. The zero-order chi connectivity index (χ0) is 21.7. The van der Waals surface area contributed by atoms with Crippen molar-refractivity contribution in [2.75, 3.05) is 18.5 Å². The average molecular weight is 434 g/mol. The first kappa shape index (κ1) is 21.3. The average Bonchev–Trinajstić information content (AvgIpc) is 3.09. The van der Waals surface area contributed by atoms with Crippen molar-refractivity contribution < 1.29 is 28.3 Å². The van der Waals surface area contributed by atoms with E-state index in [2.05, 4.69) is 10.7 Å². The number of nitrogens with zero attached hydrogens (tertiary/aromatic N) is 1. The number of amides is 3. The number of hydrogen-bond acceptors (Lipinski definition) is 5. The van der Waals surface area contributed by atoms with E-state index in [1.807, 2.05) is 0 Å². The van der Waals surface area contributed by atoms with Gasteiger partial charge in [0.15, 0.2) is 6.61 Å². The van der Waals surface area contributed by atoms with Gasteiger partial charge in [-0.3, -0.25) is 29.6 Å². The zero-order valence-electron chi connectivity index (χ0n) is 15.6. The smallest absolute Gasteiger partial charge is 0.311 e. The number of hydrazine groups is 1. The fourth-order valence-electron chi connectivity index (χ4n) is 2.75. The molecule has 3 rings (SSSR count). The maximum absolute atomic E-state index is 12.9. The van der Waals surface area contributed by atoms with Crippen LogP contribution in [0.1, 0.15) is 16.8 Å².